The molecule has 0 atom stereocenters. The van der Waals surface area contributed by atoms with E-state index in [1.807, 2.05) is 0 Å². The number of sulfonamides is 1. The molecule has 1 aliphatic heterocycles. The Labute approximate surface area is 148 Å². The summed E-state index contributed by atoms with van der Waals surface area (Å²) in [6.45, 7) is 1.75. The normalized spacial score (nSPS) is 15.7. The van der Waals surface area contributed by atoms with Gasteiger partial charge in [-0.25, -0.2) is 13.4 Å². The Balaban J connectivity index is 2.10. The third kappa shape index (κ3) is 2.92. The topological polar surface area (TPSA) is 112 Å². The molecule has 0 fully saturated rings. The zero-order valence-electron chi connectivity index (χ0n) is 13.2. The second kappa shape index (κ2) is 6.01. The van der Waals surface area contributed by atoms with Crippen molar-refractivity contribution in [3.63, 3.8) is 0 Å². The molecule has 0 unspecified atom stereocenters. The van der Waals surface area contributed by atoms with E-state index in [9.17, 15) is 18.3 Å². The van der Waals surface area contributed by atoms with Gasteiger partial charge in [0, 0.05) is 12.6 Å². The average Bonchev–Trinajstić information content (AvgIpc) is 2.53. The fourth-order valence-corrected chi connectivity index (χ4v) is 3.95. The highest BCUT2D eigenvalue weighted by Gasteiger charge is 2.38. The number of halogens is 1. The van der Waals surface area contributed by atoms with E-state index in [1.165, 1.54) is 31.6 Å². The summed E-state index contributed by atoms with van der Waals surface area (Å²) in [6.07, 6.45) is 2.53. The van der Waals surface area contributed by atoms with Gasteiger partial charge in [-0.2, -0.15) is 0 Å². The molecule has 3 rings (SSSR count). The third-order valence-corrected chi connectivity index (χ3v) is 5.63. The van der Waals surface area contributed by atoms with E-state index in [2.05, 4.69) is 15.3 Å². The molecule has 1 aromatic heterocycles. The number of nitrogens with one attached hydrogen (secondary N) is 1. The molecule has 1 aliphatic rings. The Morgan fingerprint density at radius 3 is 2.72 bits per heavy atom. The van der Waals surface area contributed by atoms with Crippen LogP contribution in [0.25, 0.3) is 5.76 Å². The first-order valence-electron chi connectivity index (χ1n) is 7.04. The lowest BCUT2D eigenvalue weighted by atomic mass is 10.1. The molecule has 0 saturated heterocycles. The maximum atomic E-state index is 12.6. The van der Waals surface area contributed by atoms with Crippen LogP contribution in [0, 0.1) is 6.92 Å². The lowest BCUT2D eigenvalue weighted by Crippen LogP contribution is -2.37. The highest BCUT2D eigenvalue weighted by atomic mass is 35.5. The summed E-state index contributed by atoms with van der Waals surface area (Å²) in [5.41, 5.74) is 0.394. The average molecular weight is 381 g/mol. The van der Waals surface area contributed by atoms with Crippen molar-refractivity contribution in [1.82, 2.24) is 14.3 Å². The van der Waals surface area contributed by atoms with Crippen molar-refractivity contribution in [3.05, 3.63) is 52.6 Å². The van der Waals surface area contributed by atoms with Crippen LogP contribution in [0.4, 0.5) is 5.82 Å². The Bertz CT molecular complexity index is 1020. The van der Waals surface area contributed by atoms with Crippen LogP contribution in [0.15, 0.2) is 41.2 Å². The number of aliphatic hydroxyl groups is 1. The zero-order valence-corrected chi connectivity index (χ0v) is 14.8. The van der Waals surface area contributed by atoms with Crippen molar-refractivity contribution in [3.8, 4) is 0 Å². The number of carbonyl (C=O) groups is 1. The molecule has 0 bridgehead atoms. The Morgan fingerprint density at radius 1 is 1.32 bits per heavy atom. The zero-order chi connectivity index (χ0) is 18.4. The maximum Gasteiger partial charge on any atom is 0.278 e. The van der Waals surface area contributed by atoms with Crippen molar-refractivity contribution in [1.29, 1.82) is 0 Å². The second-order valence-corrected chi connectivity index (χ2v) is 7.68. The summed E-state index contributed by atoms with van der Waals surface area (Å²) in [5, 5.41) is 12.9. The van der Waals surface area contributed by atoms with E-state index in [-0.39, 0.29) is 21.4 Å². The molecular formula is C15H13ClN4O4S. The fourth-order valence-electron chi connectivity index (χ4n) is 2.43. The molecule has 0 radical (unpaired) electrons. The van der Waals surface area contributed by atoms with Crippen molar-refractivity contribution >= 4 is 39.1 Å². The van der Waals surface area contributed by atoms with Crippen molar-refractivity contribution in [2.45, 2.75) is 11.8 Å². The first-order chi connectivity index (χ1) is 11.7. The first kappa shape index (κ1) is 17.2. The summed E-state index contributed by atoms with van der Waals surface area (Å²) < 4.78 is 26.0. The number of fused-ring (bicyclic) bond motifs is 1. The molecule has 0 spiro atoms. The van der Waals surface area contributed by atoms with Gasteiger partial charge in [0.2, 0.25) is 0 Å². The van der Waals surface area contributed by atoms with Gasteiger partial charge < -0.3 is 10.4 Å². The van der Waals surface area contributed by atoms with E-state index in [0.29, 0.717) is 0 Å². The molecule has 25 heavy (non-hydrogen) atoms. The lowest BCUT2D eigenvalue weighted by molar-refractivity contribution is -0.113. The fraction of sp³-hybridized carbons (Fsp3) is 0.133. The molecule has 2 heterocycles. The van der Waals surface area contributed by atoms with Gasteiger partial charge in [-0.3, -0.25) is 14.1 Å². The summed E-state index contributed by atoms with van der Waals surface area (Å²) in [5.74, 6) is -1.27. The van der Waals surface area contributed by atoms with Gasteiger partial charge in [-0.1, -0.05) is 23.2 Å². The quantitative estimate of drug-likeness (QED) is 0.823. The van der Waals surface area contributed by atoms with Crippen LogP contribution in [0.5, 0.6) is 0 Å². The molecule has 1 aromatic carbocycles. The van der Waals surface area contributed by atoms with Gasteiger partial charge in [0.1, 0.15) is 5.15 Å². The summed E-state index contributed by atoms with van der Waals surface area (Å²) >= 11 is 5.71. The SMILES string of the molecule is Cc1ccc2c(c1)C(O)=C(C(=O)Nc1cncc(Cl)n1)N(C)S2(=O)=O. The van der Waals surface area contributed by atoms with E-state index < -0.39 is 27.4 Å². The van der Waals surface area contributed by atoms with Crippen molar-refractivity contribution in [2.24, 2.45) is 0 Å². The number of aliphatic hydroxyl groups excluding tert-OH is 1. The van der Waals surface area contributed by atoms with E-state index >= 15 is 0 Å². The van der Waals surface area contributed by atoms with E-state index in [1.54, 1.807) is 13.0 Å². The minimum absolute atomic E-state index is 0.0265. The van der Waals surface area contributed by atoms with E-state index in [4.69, 9.17) is 11.6 Å². The smallest absolute Gasteiger partial charge is 0.278 e. The first-order valence-corrected chi connectivity index (χ1v) is 8.85. The van der Waals surface area contributed by atoms with Crippen LogP contribution >= 0.6 is 11.6 Å². The van der Waals surface area contributed by atoms with Crippen LogP contribution in [-0.4, -0.2) is 40.8 Å². The number of amides is 1. The largest absolute Gasteiger partial charge is 0.505 e. The van der Waals surface area contributed by atoms with Crippen LogP contribution in [0.1, 0.15) is 11.1 Å². The predicted molar refractivity (Wildman–Crippen MR) is 91.3 cm³/mol. The minimum atomic E-state index is -3.97. The number of likely N-dealkylation sites (N-methyl/N-ethyl adjacent to an activating group) is 1. The van der Waals surface area contributed by atoms with Crippen molar-refractivity contribution in [2.75, 3.05) is 12.4 Å². The summed E-state index contributed by atoms with van der Waals surface area (Å²) in [6, 6.07) is 4.51. The molecule has 2 N–H and O–H groups in total. The molecule has 8 nitrogen and oxygen atoms in total. The Morgan fingerprint density at radius 2 is 2.04 bits per heavy atom. The highest BCUT2D eigenvalue weighted by molar-refractivity contribution is 7.89. The number of hydrogen-bond acceptors (Lipinski definition) is 6. The maximum absolute atomic E-state index is 12.6. The van der Waals surface area contributed by atoms with Gasteiger partial charge in [0.25, 0.3) is 15.9 Å². The minimum Gasteiger partial charge on any atom is -0.505 e. The number of aryl methyl sites for hydroxylation is 1. The summed E-state index contributed by atoms with van der Waals surface area (Å²) in [7, 11) is -2.79. The molecule has 0 saturated carbocycles. The number of nitrogens with zero attached hydrogens (tertiary/aromatic N) is 3. The molecule has 1 amide bonds. The number of benzene rings is 1. The van der Waals surface area contributed by atoms with Crippen LogP contribution in [0.2, 0.25) is 5.15 Å². The van der Waals surface area contributed by atoms with Crippen LogP contribution in [0.3, 0.4) is 0 Å². The number of aromatic nitrogens is 2. The second-order valence-electron chi connectivity index (χ2n) is 5.35. The lowest BCUT2D eigenvalue weighted by Gasteiger charge is -2.28. The highest BCUT2D eigenvalue weighted by Crippen LogP contribution is 2.35. The van der Waals surface area contributed by atoms with Gasteiger partial charge in [-0.05, 0) is 19.1 Å². The number of rotatable bonds is 2. The number of carbonyl (C=O) groups excluding carboxylic acids is 1. The number of hydrogen-bond donors (Lipinski definition) is 2. The molecule has 2 aromatic rings. The molecule has 130 valence electrons. The monoisotopic (exact) mass is 380 g/mol. The molecule has 10 heteroatoms. The molecular weight excluding hydrogens is 368 g/mol. The predicted octanol–water partition coefficient (Wildman–Crippen LogP) is 1.94. The van der Waals surface area contributed by atoms with Gasteiger partial charge in [0.05, 0.1) is 17.3 Å². The van der Waals surface area contributed by atoms with Crippen molar-refractivity contribution < 1.29 is 18.3 Å². The standard InChI is InChI=1S/C15H13ClN4O4S/c1-8-3-4-10-9(5-8)14(21)13(20(2)25(10,23)24)15(22)19-12-7-17-6-11(16)18-12/h3-7,21H,1-2H3,(H,18,19,22). The number of anilines is 1. The van der Waals surface area contributed by atoms with Gasteiger partial charge in [0.15, 0.2) is 17.3 Å². The van der Waals surface area contributed by atoms with E-state index in [0.717, 1.165) is 9.87 Å². The Kier molecular flexibility index (Phi) is 4.13. The van der Waals surface area contributed by atoms with Gasteiger partial charge in [-0.15, -0.1) is 0 Å². The molecule has 0 aliphatic carbocycles. The summed E-state index contributed by atoms with van der Waals surface area (Å²) in [4.78, 5) is 20.1. The van der Waals surface area contributed by atoms with Crippen LogP contribution in [-0.2, 0) is 14.8 Å². The van der Waals surface area contributed by atoms with Gasteiger partial charge >= 0.3 is 0 Å². The Hall–Kier alpha value is -2.65. The van der Waals surface area contributed by atoms with Crippen LogP contribution < -0.4 is 5.32 Å². The third-order valence-electron chi connectivity index (χ3n) is 3.63.